The molecule has 3 heterocycles. The molecule has 122 valence electrons. The normalized spacial score (nSPS) is 31.6. The SMILES string of the molecule is CC#CC(O)(C(=O)OC1C2CCN(CC2)C1C)c1ccccc1. The number of benzene rings is 1. The summed E-state index contributed by atoms with van der Waals surface area (Å²) in [5.41, 5.74) is -1.45. The van der Waals surface area contributed by atoms with Gasteiger partial charge in [0, 0.05) is 11.6 Å². The molecule has 1 N–H and O–H groups in total. The Morgan fingerprint density at radius 3 is 2.52 bits per heavy atom. The molecule has 3 fully saturated rings. The first-order valence-electron chi connectivity index (χ1n) is 8.23. The van der Waals surface area contributed by atoms with Gasteiger partial charge in [-0.25, -0.2) is 4.79 Å². The Balaban J connectivity index is 1.83. The smallest absolute Gasteiger partial charge is 0.356 e. The van der Waals surface area contributed by atoms with Crippen LogP contribution < -0.4 is 0 Å². The first-order chi connectivity index (χ1) is 11.1. The number of carbonyl (C=O) groups is 1. The van der Waals surface area contributed by atoms with E-state index in [0.717, 1.165) is 25.9 Å². The molecule has 0 saturated carbocycles. The maximum atomic E-state index is 12.8. The Morgan fingerprint density at radius 1 is 1.30 bits per heavy atom. The van der Waals surface area contributed by atoms with Crippen molar-refractivity contribution in [3.63, 3.8) is 0 Å². The van der Waals surface area contributed by atoms with Crippen LogP contribution in [-0.4, -0.2) is 41.2 Å². The number of esters is 1. The number of carbonyl (C=O) groups excluding carboxylic acids is 1. The van der Waals surface area contributed by atoms with Crippen molar-refractivity contribution in [1.82, 2.24) is 4.90 Å². The van der Waals surface area contributed by atoms with Crippen molar-refractivity contribution < 1.29 is 14.6 Å². The molecule has 4 nitrogen and oxygen atoms in total. The van der Waals surface area contributed by atoms with Crippen LogP contribution in [0.15, 0.2) is 30.3 Å². The summed E-state index contributed by atoms with van der Waals surface area (Å²) >= 11 is 0. The second-order valence-corrected chi connectivity index (χ2v) is 6.44. The van der Waals surface area contributed by atoms with E-state index in [2.05, 4.69) is 23.7 Å². The third kappa shape index (κ3) is 2.87. The molecular formula is C19H23NO3. The molecule has 0 aliphatic carbocycles. The average molecular weight is 313 g/mol. The number of aliphatic hydroxyl groups is 1. The van der Waals surface area contributed by atoms with E-state index in [1.165, 1.54) is 0 Å². The number of nitrogens with zero attached hydrogens (tertiary/aromatic N) is 1. The molecule has 0 radical (unpaired) electrons. The van der Waals surface area contributed by atoms with Crippen LogP contribution >= 0.6 is 0 Å². The molecule has 4 rings (SSSR count). The predicted octanol–water partition coefficient (Wildman–Crippen LogP) is 1.92. The van der Waals surface area contributed by atoms with Gasteiger partial charge in [-0.3, -0.25) is 4.90 Å². The first kappa shape index (κ1) is 16.0. The highest BCUT2D eigenvalue weighted by molar-refractivity contribution is 5.85. The van der Waals surface area contributed by atoms with E-state index in [1.54, 1.807) is 31.2 Å². The number of hydrogen-bond acceptors (Lipinski definition) is 4. The summed E-state index contributed by atoms with van der Waals surface area (Å²) in [6.07, 6.45) is 1.93. The van der Waals surface area contributed by atoms with Crippen LogP contribution in [0.5, 0.6) is 0 Å². The number of piperidine rings is 3. The summed E-state index contributed by atoms with van der Waals surface area (Å²) in [4.78, 5) is 15.1. The van der Waals surface area contributed by atoms with Gasteiger partial charge in [0.15, 0.2) is 0 Å². The van der Waals surface area contributed by atoms with Gasteiger partial charge in [0.1, 0.15) is 6.10 Å². The van der Waals surface area contributed by atoms with Gasteiger partial charge in [-0.05, 0) is 45.7 Å². The Labute approximate surface area is 137 Å². The summed E-state index contributed by atoms with van der Waals surface area (Å²) in [7, 11) is 0. The molecule has 3 atom stereocenters. The number of fused-ring (bicyclic) bond motifs is 3. The van der Waals surface area contributed by atoms with E-state index in [-0.39, 0.29) is 12.1 Å². The first-order valence-corrected chi connectivity index (χ1v) is 8.23. The van der Waals surface area contributed by atoms with Crippen LogP contribution in [0.25, 0.3) is 0 Å². The van der Waals surface area contributed by atoms with Gasteiger partial charge >= 0.3 is 5.97 Å². The van der Waals surface area contributed by atoms with Crippen molar-refractivity contribution in [3.05, 3.63) is 35.9 Å². The van der Waals surface area contributed by atoms with Crippen molar-refractivity contribution in [2.75, 3.05) is 13.1 Å². The van der Waals surface area contributed by atoms with Crippen molar-refractivity contribution >= 4 is 5.97 Å². The quantitative estimate of drug-likeness (QED) is 0.684. The Kier molecular flexibility index (Phi) is 4.43. The van der Waals surface area contributed by atoms with E-state index in [9.17, 15) is 9.90 Å². The lowest BCUT2D eigenvalue weighted by molar-refractivity contribution is -0.181. The lowest BCUT2D eigenvalue weighted by atomic mass is 9.81. The molecule has 0 amide bonds. The molecule has 2 bridgehead atoms. The molecule has 23 heavy (non-hydrogen) atoms. The summed E-state index contributed by atoms with van der Waals surface area (Å²) < 4.78 is 5.78. The highest BCUT2D eigenvalue weighted by Gasteiger charge is 2.46. The fourth-order valence-electron chi connectivity index (χ4n) is 3.76. The molecular weight excluding hydrogens is 290 g/mol. The van der Waals surface area contributed by atoms with E-state index < -0.39 is 11.6 Å². The van der Waals surface area contributed by atoms with Gasteiger partial charge < -0.3 is 9.84 Å². The van der Waals surface area contributed by atoms with E-state index in [0.29, 0.717) is 11.5 Å². The summed E-state index contributed by atoms with van der Waals surface area (Å²) in [5.74, 6) is 5.02. The third-order valence-corrected chi connectivity index (χ3v) is 5.13. The lowest BCUT2D eigenvalue weighted by Crippen LogP contribution is -2.58. The highest BCUT2D eigenvalue weighted by atomic mass is 16.6. The van der Waals surface area contributed by atoms with E-state index >= 15 is 0 Å². The topological polar surface area (TPSA) is 49.8 Å². The molecule has 3 aliphatic heterocycles. The summed E-state index contributed by atoms with van der Waals surface area (Å²) in [6, 6.07) is 8.99. The van der Waals surface area contributed by atoms with Crippen LogP contribution in [0.1, 0.15) is 32.3 Å². The standard InChI is InChI=1S/C19H23NO3/c1-3-11-19(22,16-7-5-4-6-8-16)18(21)23-17-14(2)20-12-9-15(17)10-13-20/h4-8,14-15,17,22H,9-10,12-13H2,1-2H3. The maximum Gasteiger partial charge on any atom is 0.356 e. The zero-order chi connectivity index (χ0) is 16.4. The van der Waals surface area contributed by atoms with Crippen molar-refractivity contribution in [2.45, 2.75) is 44.4 Å². The zero-order valence-corrected chi connectivity index (χ0v) is 13.7. The summed E-state index contributed by atoms with van der Waals surface area (Å²) in [6.45, 7) is 5.84. The molecule has 0 aromatic heterocycles. The van der Waals surface area contributed by atoms with Gasteiger partial charge in [0.25, 0.3) is 0 Å². The monoisotopic (exact) mass is 313 g/mol. The number of hydrogen-bond donors (Lipinski definition) is 1. The van der Waals surface area contributed by atoms with Gasteiger partial charge in [0.2, 0.25) is 5.60 Å². The minimum Gasteiger partial charge on any atom is -0.457 e. The van der Waals surface area contributed by atoms with E-state index in [1.807, 2.05) is 6.07 Å². The Hall–Kier alpha value is -1.83. The minimum absolute atomic E-state index is 0.168. The second-order valence-electron chi connectivity index (χ2n) is 6.44. The Bertz CT molecular complexity index is 623. The minimum atomic E-state index is -1.90. The van der Waals surface area contributed by atoms with Crippen LogP contribution in [0.2, 0.25) is 0 Å². The molecule has 0 spiro atoms. The lowest BCUT2D eigenvalue weighted by Gasteiger charge is -2.49. The van der Waals surface area contributed by atoms with Gasteiger partial charge in [-0.1, -0.05) is 36.3 Å². The van der Waals surface area contributed by atoms with Crippen molar-refractivity contribution in [1.29, 1.82) is 0 Å². The largest absolute Gasteiger partial charge is 0.457 e. The number of ether oxygens (including phenoxy) is 1. The molecule has 4 heteroatoms. The molecule has 3 unspecified atom stereocenters. The van der Waals surface area contributed by atoms with Gasteiger partial charge in [-0.15, -0.1) is 5.92 Å². The fourth-order valence-corrected chi connectivity index (χ4v) is 3.76. The van der Waals surface area contributed by atoms with Crippen LogP contribution in [0.3, 0.4) is 0 Å². The summed E-state index contributed by atoms with van der Waals surface area (Å²) in [5, 5.41) is 10.9. The van der Waals surface area contributed by atoms with Gasteiger partial charge in [-0.2, -0.15) is 0 Å². The van der Waals surface area contributed by atoms with Crippen molar-refractivity contribution in [2.24, 2.45) is 5.92 Å². The van der Waals surface area contributed by atoms with Crippen LogP contribution in [-0.2, 0) is 15.1 Å². The predicted molar refractivity (Wildman–Crippen MR) is 87.4 cm³/mol. The highest BCUT2D eigenvalue weighted by Crippen LogP contribution is 2.35. The molecule has 3 saturated heterocycles. The Morgan fingerprint density at radius 2 is 1.96 bits per heavy atom. The average Bonchev–Trinajstić information content (AvgIpc) is 2.59. The van der Waals surface area contributed by atoms with E-state index in [4.69, 9.17) is 4.74 Å². The fraction of sp³-hybridized carbons (Fsp3) is 0.526. The zero-order valence-electron chi connectivity index (χ0n) is 13.7. The van der Waals surface area contributed by atoms with Crippen molar-refractivity contribution in [3.8, 4) is 11.8 Å². The number of rotatable bonds is 3. The maximum absolute atomic E-state index is 12.8. The van der Waals surface area contributed by atoms with Crippen LogP contribution in [0, 0.1) is 17.8 Å². The van der Waals surface area contributed by atoms with Crippen LogP contribution in [0.4, 0.5) is 0 Å². The second kappa shape index (κ2) is 6.35. The van der Waals surface area contributed by atoms with Gasteiger partial charge in [0.05, 0.1) is 0 Å². The molecule has 1 aromatic rings. The third-order valence-electron chi connectivity index (χ3n) is 5.13. The molecule has 3 aliphatic rings. The molecule has 1 aromatic carbocycles.